The van der Waals surface area contributed by atoms with Gasteiger partial charge in [0.25, 0.3) is 0 Å². The van der Waals surface area contributed by atoms with Gasteiger partial charge in [-0.05, 0) is 70.8 Å². The van der Waals surface area contributed by atoms with E-state index in [-0.39, 0.29) is 0 Å². The Hall–Kier alpha value is -5.21. The van der Waals surface area contributed by atoms with Crippen molar-refractivity contribution in [3.63, 3.8) is 0 Å². The number of furan rings is 1. The predicted octanol–water partition coefficient (Wildman–Crippen LogP) is 10.9. The first-order valence-electron chi connectivity index (χ1n) is 15.4. The summed E-state index contributed by atoms with van der Waals surface area (Å²) in [6, 6.07) is 56.2. The van der Waals surface area contributed by atoms with Crippen LogP contribution in [-0.2, 0) is 4.57 Å². The van der Waals surface area contributed by atoms with Crippen LogP contribution < -0.4 is 15.9 Å². The summed E-state index contributed by atoms with van der Waals surface area (Å²) in [6.45, 7) is 0. The van der Waals surface area contributed by atoms with Gasteiger partial charge in [-0.3, -0.25) is 0 Å². The molecule has 0 saturated carbocycles. The normalized spacial score (nSPS) is 12.0. The molecule has 0 radical (unpaired) electrons. The van der Waals surface area contributed by atoms with Crippen molar-refractivity contribution >= 4 is 76.5 Å². The molecule has 9 rings (SSSR count). The molecule has 4 heteroatoms. The van der Waals surface area contributed by atoms with E-state index in [1.54, 1.807) is 0 Å². The Morgan fingerprint density at radius 2 is 0.891 bits per heavy atom. The Morgan fingerprint density at radius 3 is 1.54 bits per heavy atom. The lowest BCUT2D eigenvalue weighted by Gasteiger charge is -2.20. The molecule has 218 valence electrons. The molecule has 0 unspecified atom stereocenters. The van der Waals surface area contributed by atoms with E-state index in [1.807, 2.05) is 96.3 Å². The zero-order valence-electron chi connectivity index (χ0n) is 24.8. The Bertz CT molecular complexity index is 2570. The fraction of sp³-hybridized carbons (Fsp3) is 0. The average molecular weight is 627 g/mol. The van der Waals surface area contributed by atoms with Gasteiger partial charge in [0.15, 0.2) is 7.14 Å². The van der Waals surface area contributed by atoms with Crippen LogP contribution in [0.25, 0.3) is 64.4 Å². The van der Waals surface area contributed by atoms with Gasteiger partial charge < -0.3 is 8.98 Å². The van der Waals surface area contributed by atoms with Gasteiger partial charge in [-0.1, -0.05) is 115 Å². The molecule has 0 saturated heterocycles. The van der Waals surface area contributed by atoms with Crippen LogP contribution in [0, 0.1) is 0 Å². The quantitative estimate of drug-likeness (QED) is 0.178. The molecule has 0 aliphatic carbocycles. The number of hydrogen-bond acceptors (Lipinski definition) is 3. The summed E-state index contributed by atoms with van der Waals surface area (Å²) in [7, 11) is -3.07. The molecule has 0 atom stereocenters. The monoisotopic (exact) mass is 626 g/mol. The highest BCUT2D eigenvalue weighted by atomic mass is 32.1. The van der Waals surface area contributed by atoms with Gasteiger partial charge in [0, 0.05) is 46.9 Å². The van der Waals surface area contributed by atoms with Crippen molar-refractivity contribution in [2.45, 2.75) is 0 Å². The maximum Gasteiger partial charge on any atom is 0.171 e. The minimum absolute atomic E-state index is 0.835. The highest BCUT2D eigenvalue weighted by molar-refractivity contribution is 7.85. The second kappa shape index (κ2) is 10.7. The summed E-state index contributed by atoms with van der Waals surface area (Å²) >= 11 is 1.82. The van der Waals surface area contributed by atoms with Crippen LogP contribution in [0.15, 0.2) is 168 Å². The number of hydrogen-bond donors (Lipinski definition) is 0. The van der Waals surface area contributed by atoms with Crippen LogP contribution in [0.4, 0.5) is 0 Å². The summed E-state index contributed by atoms with van der Waals surface area (Å²) in [5.41, 5.74) is 6.33. The first-order valence-corrected chi connectivity index (χ1v) is 17.9. The third-order valence-electron chi connectivity index (χ3n) is 8.96. The zero-order valence-corrected chi connectivity index (χ0v) is 26.5. The standard InChI is InChI=1S/C42H27O2PS/c43-45(32-11-3-1-4-12-32,33-13-5-2-6-14-33)34-15-9-10-28(24-34)30-19-22-41-37(26-30)38-27-31(20-23-42(38)46-41)29-18-21-40-36(25-29)35-16-7-8-17-39(35)44-40/h1-27H. The zero-order chi connectivity index (χ0) is 30.7. The fourth-order valence-electron chi connectivity index (χ4n) is 6.65. The van der Waals surface area contributed by atoms with E-state index < -0.39 is 7.14 Å². The first-order chi connectivity index (χ1) is 22.6. The van der Waals surface area contributed by atoms with Crippen molar-refractivity contribution in [3.05, 3.63) is 164 Å². The van der Waals surface area contributed by atoms with Crippen molar-refractivity contribution in [3.8, 4) is 22.3 Å². The maximum atomic E-state index is 15.1. The fourth-order valence-corrected chi connectivity index (χ4v) is 10.4. The van der Waals surface area contributed by atoms with E-state index in [4.69, 9.17) is 4.42 Å². The summed E-state index contributed by atoms with van der Waals surface area (Å²) in [4.78, 5) is 0. The topological polar surface area (TPSA) is 30.2 Å². The van der Waals surface area contributed by atoms with Gasteiger partial charge in [-0.2, -0.15) is 0 Å². The molecule has 0 spiro atoms. The molecule has 2 heterocycles. The maximum absolute atomic E-state index is 15.1. The second-order valence-electron chi connectivity index (χ2n) is 11.7. The van der Waals surface area contributed by atoms with Crippen molar-refractivity contribution in [2.75, 3.05) is 0 Å². The van der Waals surface area contributed by atoms with E-state index in [0.29, 0.717) is 0 Å². The van der Waals surface area contributed by atoms with Gasteiger partial charge in [-0.25, -0.2) is 0 Å². The Kier molecular flexibility index (Phi) is 6.31. The predicted molar refractivity (Wildman–Crippen MR) is 197 cm³/mol. The Labute approximate surface area is 270 Å². The third kappa shape index (κ3) is 4.35. The van der Waals surface area contributed by atoms with Crippen molar-refractivity contribution in [1.82, 2.24) is 0 Å². The molecule has 0 amide bonds. The summed E-state index contributed by atoms with van der Waals surface area (Å²) in [6.07, 6.45) is 0. The van der Waals surface area contributed by atoms with Gasteiger partial charge >= 0.3 is 0 Å². The first kappa shape index (κ1) is 27.1. The molecule has 0 aliphatic heterocycles. The molecule has 2 aromatic heterocycles. The van der Waals surface area contributed by atoms with Gasteiger partial charge in [0.1, 0.15) is 11.2 Å². The molecule has 9 aromatic rings. The van der Waals surface area contributed by atoms with Gasteiger partial charge in [0.2, 0.25) is 0 Å². The summed E-state index contributed by atoms with van der Waals surface area (Å²) in [5, 5.41) is 7.26. The largest absolute Gasteiger partial charge is 0.456 e. The van der Waals surface area contributed by atoms with Crippen LogP contribution in [-0.4, -0.2) is 0 Å². The number of thiophene rings is 1. The van der Waals surface area contributed by atoms with Crippen LogP contribution in [0.1, 0.15) is 0 Å². The molecular formula is C42H27O2PS. The van der Waals surface area contributed by atoms with E-state index in [2.05, 4.69) is 78.9 Å². The smallest absolute Gasteiger partial charge is 0.171 e. The Morgan fingerprint density at radius 1 is 0.391 bits per heavy atom. The Balaban J connectivity index is 1.16. The molecule has 0 bridgehead atoms. The lowest BCUT2D eigenvalue weighted by atomic mass is 9.99. The van der Waals surface area contributed by atoms with E-state index in [1.165, 1.54) is 31.3 Å². The minimum Gasteiger partial charge on any atom is -0.456 e. The summed E-state index contributed by atoms with van der Waals surface area (Å²) < 4.78 is 23.6. The number of benzene rings is 7. The van der Waals surface area contributed by atoms with Crippen molar-refractivity contribution in [1.29, 1.82) is 0 Å². The third-order valence-corrected chi connectivity index (χ3v) is 13.2. The lowest BCUT2D eigenvalue weighted by molar-refractivity contribution is 0.592. The summed E-state index contributed by atoms with van der Waals surface area (Å²) in [5.74, 6) is 0. The highest BCUT2D eigenvalue weighted by Crippen LogP contribution is 2.44. The van der Waals surface area contributed by atoms with Crippen molar-refractivity contribution in [2.24, 2.45) is 0 Å². The van der Waals surface area contributed by atoms with Gasteiger partial charge in [-0.15, -0.1) is 11.3 Å². The van der Waals surface area contributed by atoms with Crippen LogP contribution in [0.5, 0.6) is 0 Å². The van der Waals surface area contributed by atoms with Crippen LogP contribution in [0.3, 0.4) is 0 Å². The lowest BCUT2D eigenvalue weighted by Crippen LogP contribution is -2.25. The number of para-hydroxylation sites is 1. The number of fused-ring (bicyclic) bond motifs is 6. The van der Waals surface area contributed by atoms with E-state index >= 15 is 4.57 Å². The molecule has 0 N–H and O–H groups in total. The minimum atomic E-state index is -3.07. The van der Waals surface area contributed by atoms with Gasteiger partial charge in [0.05, 0.1) is 0 Å². The van der Waals surface area contributed by atoms with Crippen molar-refractivity contribution < 1.29 is 8.98 Å². The average Bonchev–Trinajstić information content (AvgIpc) is 3.69. The molecule has 0 aliphatic rings. The van der Waals surface area contributed by atoms with E-state index in [0.717, 1.165) is 49.0 Å². The molecule has 2 nitrogen and oxygen atoms in total. The molecule has 7 aromatic carbocycles. The van der Waals surface area contributed by atoms with Crippen LogP contribution >= 0.6 is 18.5 Å². The SMILES string of the molecule is O=P(c1ccccc1)(c1ccccc1)c1cccc(-c2ccc3sc4ccc(-c5ccc6oc7ccccc7c6c5)cc4c3c2)c1. The molecular weight excluding hydrogens is 600 g/mol. The van der Waals surface area contributed by atoms with E-state index in [9.17, 15) is 0 Å². The second-order valence-corrected chi connectivity index (χ2v) is 15.5. The number of rotatable bonds is 5. The van der Waals surface area contributed by atoms with Crippen LogP contribution in [0.2, 0.25) is 0 Å². The molecule has 0 fully saturated rings. The molecule has 46 heavy (non-hydrogen) atoms. The highest BCUT2D eigenvalue weighted by Gasteiger charge is 2.29.